The van der Waals surface area contributed by atoms with Crippen LogP contribution in [0.15, 0.2) is 36.9 Å². The van der Waals surface area contributed by atoms with Gasteiger partial charge in [0, 0.05) is 11.3 Å². The van der Waals surface area contributed by atoms with Gasteiger partial charge in [-0.3, -0.25) is 0 Å². The third-order valence-electron chi connectivity index (χ3n) is 3.89. The number of H-pyrrole nitrogens is 1. The van der Waals surface area contributed by atoms with Crippen LogP contribution in [0.1, 0.15) is 29.2 Å². The van der Waals surface area contributed by atoms with Gasteiger partial charge in [0.05, 0.1) is 11.0 Å². The van der Waals surface area contributed by atoms with Crippen LogP contribution in [-0.2, 0) is 0 Å². The van der Waals surface area contributed by atoms with E-state index < -0.39 is 0 Å². The first kappa shape index (κ1) is 14.4. The molecule has 0 atom stereocenters. The Bertz CT molecular complexity index is 849. The van der Waals surface area contributed by atoms with Crippen molar-refractivity contribution in [2.75, 3.05) is 5.32 Å². The lowest BCUT2D eigenvalue weighted by molar-refractivity contribution is 1.26. The van der Waals surface area contributed by atoms with E-state index in [-0.39, 0.29) is 0 Å². The second-order valence-corrected chi connectivity index (χ2v) is 5.97. The zero-order chi connectivity index (χ0) is 15.9. The normalized spacial score (nSPS) is 10.9. The number of aryl methyl sites for hydroxylation is 3. The largest absolute Gasteiger partial charge is 0.325 e. The van der Waals surface area contributed by atoms with Crippen LogP contribution in [-0.4, -0.2) is 9.97 Å². The first-order valence-electron chi connectivity index (χ1n) is 7.45. The summed E-state index contributed by atoms with van der Waals surface area (Å²) in [7, 11) is 0. The highest BCUT2D eigenvalue weighted by Crippen LogP contribution is 2.28. The van der Waals surface area contributed by atoms with Crippen molar-refractivity contribution in [2.24, 2.45) is 0 Å². The lowest BCUT2D eigenvalue weighted by atomic mass is 10.1. The first-order chi connectivity index (χ1) is 10.5. The minimum absolute atomic E-state index is 0.763. The third kappa shape index (κ3) is 2.50. The molecule has 0 fully saturated rings. The van der Waals surface area contributed by atoms with Gasteiger partial charge in [0.15, 0.2) is 0 Å². The van der Waals surface area contributed by atoms with E-state index in [1.54, 1.807) is 0 Å². The predicted octanol–water partition coefficient (Wildman–Crippen LogP) is 5.26. The molecule has 0 aliphatic carbocycles. The van der Waals surface area contributed by atoms with Crippen LogP contribution >= 0.6 is 0 Å². The van der Waals surface area contributed by atoms with E-state index in [0.717, 1.165) is 33.8 Å². The van der Waals surface area contributed by atoms with Crippen molar-refractivity contribution in [3.8, 4) is 0 Å². The molecule has 1 aromatic heterocycles. The summed E-state index contributed by atoms with van der Waals surface area (Å²) in [5.41, 5.74) is 8.91. The van der Waals surface area contributed by atoms with E-state index in [0.29, 0.717) is 0 Å². The maximum Gasteiger partial charge on any atom is 0.205 e. The molecule has 0 saturated carbocycles. The third-order valence-corrected chi connectivity index (χ3v) is 3.89. The fourth-order valence-corrected chi connectivity index (χ4v) is 2.93. The Morgan fingerprint density at radius 1 is 1.14 bits per heavy atom. The van der Waals surface area contributed by atoms with Gasteiger partial charge in [-0.1, -0.05) is 36.4 Å². The number of hydrogen-bond donors (Lipinski definition) is 2. The van der Waals surface area contributed by atoms with Crippen LogP contribution in [0, 0.1) is 20.8 Å². The number of benzene rings is 2. The Balaban J connectivity index is 2.06. The van der Waals surface area contributed by atoms with Crippen LogP contribution < -0.4 is 5.32 Å². The van der Waals surface area contributed by atoms with Crippen molar-refractivity contribution >= 4 is 28.2 Å². The van der Waals surface area contributed by atoms with E-state index in [1.807, 2.05) is 19.1 Å². The number of para-hydroxylation sites is 1. The number of nitrogens with one attached hydrogen (secondary N) is 2. The number of imidazole rings is 1. The van der Waals surface area contributed by atoms with Gasteiger partial charge in [-0.2, -0.15) is 0 Å². The smallest absolute Gasteiger partial charge is 0.205 e. The number of aromatic amines is 1. The number of fused-ring (bicyclic) bond motifs is 1. The Hall–Kier alpha value is -2.55. The molecule has 22 heavy (non-hydrogen) atoms. The molecular formula is C19H21N3. The molecule has 0 spiro atoms. The van der Waals surface area contributed by atoms with Gasteiger partial charge in [-0.25, -0.2) is 4.98 Å². The maximum atomic E-state index is 4.71. The number of rotatable bonds is 3. The Morgan fingerprint density at radius 3 is 2.45 bits per heavy atom. The maximum absolute atomic E-state index is 4.71. The van der Waals surface area contributed by atoms with Gasteiger partial charge in [-0.15, -0.1) is 0 Å². The highest BCUT2D eigenvalue weighted by Gasteiger charge is 2.10. The topological polar surface area (TPSA) is 40.7 Å². The molecule has 3 rings (SSSR count). The molecule has 0 aliphatic rings. The lowest BCUT2D eigenvalue weighted by Gasteiger charge is -2.11. The average Bonchev–Trinajstić information content (AvgIpc) is 2.84. The van der Waals surface area contributed by atoms with Crippen molar-refractivity contribution < 1.29 is 0 Å². The van der Waals surface area contributed by atoms with Crippen molar-refractivity contribution in [1.82, 2.24) is 9.97 Å². The van der Waals surface area contributed by atoms with Gasteiger partial charge >= 0.3 is 0 Å². The van der Waals surface area contributed by atoms with Crippen LogP contribution in [0.2, 0.25) is 0 Å². The monoisotopic (exact) mass is 291 g/mol. The summed E-state index contributed by atoms with van der Waals surface area (Å²) in [4.78, 5) is 8.05. The molecule has 0 unspecified atom stereocenters. The fraction of sp³-hybridized carbons (Fsp3) is 0.211. The highest BCUT2D eigenvalue weighted by molar-refractivity contribution is 5.89. The number of hydrogen-bond acceptors (Lipinski definition) is 2. The SMILES string of the molecule is C=C(C)c1cccc2[nH]c(Nc3c(C)cc(C)cc3C)nc12. The van der Waals surface area contributed by atoms with Crippen LogP contribution in [0.3, 0.4) is 0 Å². The van der Waals surface area contributed by atoms with E-state index in [1.165, 1.54) is 16.7 Å². The zero-order valence-electron chi connectivity index (χ0n) is 13.5. The minimum atomic E-state index is 0.763. The van der Waals surface area contributed by atoms with Gasteiger partial charge in [-0.05, 0) is 50.5 Å². The quantitative estimate of drug-likeness (QED) is 0.690. The van der Waals surface area contributed by atoms with Crippen molar-refractivity contribution in [3.05, 3.63) is 59.2 Å². The van der Waals surface area contributed by atoms with Crippen molar-refractivity contribution in [3.63, 3.8) is 0 Å². The molecule has 3 nitrogen and oxygen atoms in total. The molecule has 0 aliphatic heterocycles. The Morgan fingerprint density at radius 2 is 1.82 bits per heavy atom. The molecule has 112 valence electrons. The number of nitrogens with zero attached hydrogens (tertiary/aromatic N) is 1. The van der Waals surface area contributed by atoms with E-state index in [2.05, 4.69) is 55.9 Å². The summed E-state index contributed by atoms with van der Waals surface area (Å²) in [6.07, 6.45) is 0. The van der Waals surface area contributed by atoms with Crippen LogP contribution in [0.5, 0.6) is 0 Å². The summed E-state index contributed by atoms with van der Waals surface area (Å²) in [6, 6.07) is 10.5. The molecule has 3 heteroatoms. The summed E-state index contributed by atoms with van der Waals surface area (Å²) in [5, 5.41) is 3.43. The first-order valence-corrected chi connectivity index (χ1v) is 7.45. The Labute approximate surface area is 131 Å². The molecule has 0 bridgehead atoms. The number of aromatic nitrogens is 2. The second-order valence-electron chi connectivity index (χ2n) is 5.97. The van der Waals surface area contributed by atoms with Gasteiger partial charge < -0.3 is 10.3 Å². The predicted molar refractivity (Wildman–Crippen MR) is 94.7 cm³/mol. The van der Waals surface area contributed by atoms with Crippen molar-refractivity contribution in [2.45, 2.75) is 27.7 Å². The number of anilines is 2. The molecular weight excluding hydrogens is 270 g/mol. The molecule has 3 aromatic rings. The van der Waals surface area contributed by atoms with Gasteiger partial charge in [0.25, 0.3) is 0 Å². The van der Waals surface area contributed by atoms with E-state index >= 15 is 0 Å². The summed E-state index contributed by atoms with van der Waals surface area (Å²) in [5.74, 6) is 0.763. The molecule has 1 heterocycles. The van der Waals surface area contributed by atoms with Crippen LogP contribution in [0.25, 0.3) is 16.6 Å². The summed E-state index contributed by atoms with van der Waals surface area (Å²) in [6.45, 7) is 12.4. The lowest BCUT2D eigenvalue weighted by Crippen LogP contribution is -1.98. The van der Waals surface area contributed by atoms with Crippen LogP contribution in [0.4, 0.5) is 11.6 Å². The summed E-state index contributed by atoms with van der Waals surface area (Å²) < 4.78 is 0. The van der Waals surface area contributed by atoms with Gasteiger partial charge in [0.2, 0.25) is 5.95 Å². The molecule has 2 N–H and O–H groups in total. The number of allylic oxidation sites excluding steroid dienone is 1. The van der Waals surface area contributed by atoms with E-state index in [9.17, 15) is 0 Å². The van der Waals surface area contributed by atoms with Crippen molar-refractivity contribution in [1.29, 1.82) is 0 Å². The average molecular weight is 291 g/mol. The minimum Gasteiger partial charge on any atom is -0.325 e. The summed E-state index contributed by atoms with van der Waals surface area (Å²) >= 11 is 0. The standard InChI is InChI=1S/C19H21N3/c1-11(2)15-7-6-8-16-18(15)22-19(20-16)21-17-13(4)9-12(3)10-14(17)5/h6-10H,1H2,2-5H3,(H2,20,21,22). The zero-order valence-corrected chi connectivity index (χ0v) is 13.5. The molecule has 2 aromatic carbocycles. The van der Waals surface area contributed by atoms with E-state index in [4.69, 9.17) is 4.98 Å². The fourth-order valence-electron chi connectivity index (χ4n) is 2.93. The Kier molecular flexibility index (Phi) is 3.49. The molecule has 0 saturated heterocycles. The molecule has 0 amide bonds. The highest BCUT2D eigenvalue weighted by atomic mass is 15.1. The second kappa shape index (κ2) is 5.34. The molecule has 0 radical (unpaired) electrons. The van der Waals surface area contributed by atoms with Gasteiger partial charge in [0.1, 0.15) is 0 Å².